The fraction of sp³-hybridized carbons (Fsp3) is 0.250. The molecule has 5 heteroatoms. The van der Waals surface area contributed by atoms with E-state index in [1.807, 2.05) is 30.3 Å². The number of hydrogen-bond acceptors (Lipinski definition) is 3. The predicted molar refractivity (Wildman–Crippen MR) is 91.3 cm³/mol. The van der Waals surface area contributed by atoms with Crippen LogP contribution in [0.15, 0.2) is 45.3 Å². The first kappa shape index (κ1) is 14.7. The lowest BCUT2D eigenvalue weighted by molar-refractivity contribution is 0.171. The molecule has 110 valence electrons. The zero-order chi connectivity index (χ0) is 14.8. The third-order valence-corrected chi connectivity index (χ3v) is 4.71. The molecule has 0 aromatic heterocycles. The van der Waals surface area contributed by atoms with E-state index in [0.29, 0.717) is 13.2 Å². The van der Waals surface area contributed by atoms with Crippen LogP contribution in [0.1, 0.15) is 18.5 Å². The summed E-state index contributed by atoms with van der Waals surface area (Å²) in [6, 6.07) is 12.3. The minimum atomic E-state index is 0.149. The summed E-state index contributed by atoms with van der Waals surface area (Å²) < 4.78 is 13.3. The maximum atomic E-state index is 5.64. The Morgan fingerprint density at radius 2 is 1.67 bits per heavy atom. The van der Waals surface area contributed by atoms with Crippen molar-refractivity contribution in [3.63, 3.8) is 0 Å². The van der Waals surface area contributed by atoms with Crippen LogP contribution in [-0.4, -0.2) is 13.2 Å². The molecule has 0 saturated carbocycles. The molecule has 0 spiro atoms. The highest BCUT2D eigenvalue weighted by Gasteiger charge is 2.15. The first-order chi connectivity index (χ1) is 10.1. The van der Waals surface area contributed by atoms with Gasteiger partial charge in [0.15, 0.2) is 11.5 Å². The van der Waals surface area contributed by atoms with Crippen molar-refractivity contribution in [3.05, 3.63) is 50.9 Å². The number of ether oxygens (including phenoxy) is 2. The fourth-order valence-corrected chi connectivity index (χ4v) is 3.49. The summed E-state index contributed by atoms with van der Waals surface area (Å²) in [5.74, 6) is 1.64. The monoisotopic (exact) mass is 411 g/mol. The molecule has 0 radical (unpaired) electrons. The number of fused-ring (bicyclic) bond motifs is 1. The zero-order valence-electron chi connectivity index (χ0n) is 11.5. The number of para-hydroxylation sites is 1. The second-order valence-electron chi connectivity index (χ2n) is 4.87. The Kier molecular flexibility index (Phi) is 4.40. The minimum Gasteiger partial charge on any atom is -0.486 e. The van der Waals surface area contributed by atoms with E-state index in [0.717, 1.165) is 31.7 Å². The molecule has 0 fully saturated rings. The maximum Gasteiger partial charge on any atom is 0.161 e. The highest BCUT2D eigenvalue weighted by Crippen LogP contribution is 2.36. The number of halogens is 2. The molecule has 1 aliphatic rings. The van der Waals surface area contributed by atoms with Gasteiger partial charge >= 0.3 is 0 Å². The predicted octanol–water partition coefficient (Wildman–Crippen LogP) is 5.16. The van der Waals surface area contributed by atoms with Gasteiger partial charge in [-0.25, -0.2) is 0 Å². The van der Waals surface area contributed by atoms with Gasteiger partial charge in [0.25, 0.3) is 0 Å². The molecule has 0 amide bonds. The maximum absolute atomic E-state index is 5.64. The van der Waals surface area contributed by atoms with Gasteiger partial charge in [-0.1, -0.05) is 12.1 Å². The molecule has 1 heterocycles. The van der Waals surface area contributed by atoms with E-state index in [1.165, 1.54) is 0 Å². The Morgan fingerprint density at radius 3 is 2.38 bits per heavy atom. The summed E-state index contributed by atoms with van der Waals surface area (Å²) in [6.07, 6.45) is 0. The van der Waals surface area contributed by atoms with Crippen molar-refractivity contribution in [3.8, 4) is 11.5 Å². The van der Waals surface area contributed by atoms with E-state index < -0.39 is 0 Å². The third-order valence-electron chi connectivity index (χ3n) is 3.39. The van der Waals surface area contributed by atoms with Gasteiger partial charge in [0, 0.05) is 15.0 Å². The Morgan fingerprint density at radius 1 is 1.00 bits per heavy atom. The summed E-state index contributed by atoms with van der Waals surface area (Å²) in [7, 11) is 0. The van der Waals surface area contributed by atoms with Crippen LogP contribution in [-0.2, 0) is 0 Å². The van der Waals surface area contributed by atoms with Crippen LogP contribution in [0.5, 0.6) is 11.5 Å². The quantitative estimate of drug-likeness (QED) is 0.755. The van der Waals surface area contributed by atoms with E-state index >= 15 is 0 Å². The first-order valence-electron chi connectivity index (χ1n) is 6.75. The first-order valence-corrected chi connectivity index (χ1v) is 8.34. The molecule has 1 N–H and O–H groups in total. The second-order valence-corrected chi connectivity index (χ2v) is 6.57. The number of anilines is 1. The number of benzene rings is 2. The summed E-state index contributed by atoms with van der Waals surface area (Å²) in [5, 5.41) is 3.51. The van der Waals surface area contributed by atoms with Gasteiger partial charge in [-0.05, 0) is 68.6 Å². The standard InChI is InChI=1S/C16H15Br2NO2/c1-10(19-16-12(17)3-2-4-13(16)18)11-5-6-14-15(9-11)21-8-7-20-14/h2-6,9-10,19H,7-8H2,1H3. The van der Waals surface area contributed by atoms with Gasteiger partial charge in [-0.15, -0.1) is 0 Å². The SMILES string of the molecule is CC(Nc1c(Br)cccc1Br)c1ccc2c(c1)OCCO2. The van der Waals surface area contributed by atoms with Gasteiger partial charge in [-0.3, -0.25) is 0 Å². The van der Waals surface area contributed by atoms with Crippen LogP contribution in [0.3, 0.4) is 0 Å². The van der Waals surface area contributed by atoms with Crippen LogP contribution in [0.4, 0.5) is 5.69 Å². The van der Waals surface area contributed by atoms with E-state index in [1.54, 1.807) is 0 Å². The zero-order valence-corrected chi connectivity index (χ0v) is 14.7. The van der Waals surface area contributed by atoms with Gasteiger partial charge < -0.3 is 14.8 Å². The van der Waals surface area contributed by atoms with Crippen molar-refractivity contribution >= 4 is 37.5 Å². The molecule has 0 bridgehead atoms. The lowest BCUT2D eigenvalue weighted by Crippen LogP contribution is -2.16. The molecule has 1 unspecified atom stereocenters. The highest BCUT2D eigenvalue weighted by molar-refractivity contribution is 9.11. The van der Waals surface area contributed by atoms with Gasteiger partial charge in [0.1, 0.15) is 13.2 Å². The Labute approximate surface area is 140 Å². The van der Waals surface area contributed by atoms with E-state index in [4.69, 9.17) is 9.47 Å². The minimum absolute atomic E-state index is 0.149. The average Bonchev–Trinajstić information content (AvgIpc) is 2.50. The highest BCUT2D eigenvalue weighted by atomic mass is 79.9. The largest absolute Gasteiger partial charge is 0.486 e. The Hall–Kier alpha value is -1.20. The van der Waals surface area contributed by atoms with Crippen LogP contribution in [0.25, 0.3) is 0 Å². The van der Waals surface area contributed by atoms with Crippen molar-refractivity contribution in [2.24, 2.45) is 0 Å². The van der Waals surface area contributed by atoms with Crippen LogP contribution >= 0.6 is 31.9 Å². The van der Waals surface area contributed by atoms with Crippen LogP contribution in [0, 0.1) is 0 Å². The lowest BCUT2D eigenvalue weighted by atomic mass is 10.1. The summed E-state index contributed by atoms with van der Waals surface area (Å²) in [6.45, 7) is 3.34. The molecular weight excluding hydrogens is 398 g/mol. The van der Waals surface area contributed by atoms with E-state index in [2.05, 4.69) is 50.2 Å². The summed E-state index contributed by atoms with van der Waals surface area (Å²) in [5.41, 5.74) is 2.20. The van der Waals surface area contributed by atoms with Crippen molar-refractivity contribution in [2.75, 3.05) is 18.5 Å². The normalized spacial score (nSPS) is 14.6. The summed E-state index contributed by atoms with van der Waals surface area (Å²) >= 11 is 7.14. The average molecular weight is 413 g/mol. The lowest BCUT2D eigenvalue weighted by Gasteiger charge is -2.22. The van der Waals surface area contributed by atoms with E-state index in [9.17, 15) is 0 Å². The van der Waals surface area contributed by atoms with Gasteiger partial charge in [0.2, 0.25) is 0 Å². The molecule has 21 heavy (non-hydrogen) atoms. The molecule has 2 aromatic carbocycles. The fourth-order valence-electron chi connectivity index (χ4n) is 2.26. The van der Waals surface area contributed by atoms with Crippen LogP contribution < -0.4 is 14.8 Å². The molecule has 1 atom stereocenters. The van der Waals surface area contributed by atoms with Gasteiger partial charge in [-0.2, -0.15) is 0 Å². The molecule has 3 nitrogen and oxygen atoms in total. The Bertz CT molecular complexity index is 640. The number of hydrogen-bond donors (Lipinski definition) is 1. The van der Waals surface area contributed by atoms with E-state index in [-0.39, 0.29) is 6.04 Å². The summed E-state index contributed by atoms with van der Waals surface area (Å²) in [4.78, 5) is 0. The Balaban J connectivity index is 1.84. The van der Waals surface area contributed by atoms with Gasteiger partial charge in [0.05, 0.1) is 5.69 Å². The second kappa shape index (κ2) is 6.28. The topological polar surface area (TPSA) is 30.5 Å². The van der Waals surface area contributed by atoms with Crippen molar-refractivity contribution in [2.45, 2.75) is 13.0 Å². The molecule has 3 rings (SSSR count). The molecule has 0 aliphatic carbocycles. The number of nitrogens with one attached hydrogen (secondary N) is 1. The smallest absolute Gasteiger partial charge is 0.161 e. The molecular formula is C16H15Br2NO2. The number of rotatable bonds is 3. The van der Waals surface area contributed by atoms with Crippen molar-refractivity contribution in [1.29, 1.82) is 0 Å². The third kappa shape index (κ3) is 3.19. The van der Waals surface area contributed by atoms with Crippen LogP contribution in [0.2, 0.25) is 0 Å². The molecule has 0 saturated heterocycles. The van der Waals surface area contributed by atoms with Crippen molar-refractivity contribution in [1.82, 2.24) is 0 Å². The molecule has 1 aliphatic heterocycles. The van der Waals surface area contributed by atoms with Crippen molar-refractivity contribution < 1.29 is 9.47 Å². The molecule has 2 aromatic rings.